The second-order valence-corrected chi connectivity index (χ2v) is 4.27. The van der Waals surface area contributed by atoms with Crippen molar-refractivity contribution in [1.29, 1.82) is 0 Å². The monoisotopic (exact) mass is 220 g/mol. The molecule has 0 amide bonds. The van der Waals surface area contributed by atoms with Crippen LogP contribution in [0.5, 0.6) is 5.75 Å². The van der Waals surface area contributed by atoms with Gasteiger partial charge in [-0.05, 0) is 37.1 Å². The largest absolute Gasteiger partial charge is 0.497 e. The Balaban J connectivity index is 1.71. The van der Waals surface area contributed by atoms with Crippen molar-refractivity contribution < 1.29 is 4.74 Å². The van der Waals surface area contributed by atoms with Gasteiger partial charge >= 0.3 is 0 Å². The van der Waals surface area contributed by atoms with Crippen molar-refractivity contribution in [1.82, 2.24) is 10.6 Å². The van der Waals surface area contributed by atoms with Gasteiger partial charge in [-0.2, -0.15) is 0 Å². The Bertz CT molecular complexity index is 304. The first-order chi connectivity index (χ1) is 7.88. The molecule has 88 valence electrons. The smallest absolute Gasteiger partial charge is 0.118 e. The molecule has 1 aliphatic heterocycles. The van der Waals surface area contributed by atoms with Crippen molar-refractivity contribution >= 4 is 0 Å². The molecule has 1 fully saturated rings. The van der Waals surface area contributed by atoms with E-state index in [9.17, 15) is 0 Å². The molecule has 0 bridgehead atoms. The van der Waals surface area contributed by atoms with Gasteiger partial charge in [0.25, 0.3) is 0 Å². The van der Waals surface area contributed by atoms with Crippen LogP contribution in [0.25, 0.3) is 0 Å². The minimum Gasteiger partial charge on any atom is -0.497 e. The second-order valence-electron chi connectivity index (χ2n) is 4.27. The maximum atomic E-state index is 5.12. The zero-order chi connectivity index (χ0) is 11.2. The van der Waals surface area contributed by atoms with E-state index >= 15 is 0 Å². The number of rotatable bonds is 5. The number of nitrogens with one attached hydrogen (secondary N) is 2. The highest BCUT2D eigenvalue weighted by atomic mass is 16.5. The quantitative estimate of drug-likeness (QED) is 0.789. The van der Waals surface area contributed by atoms with Crippen LogP contribution in [0.15, 0.2) is 24.3 Å². The molecule has 0 spiro atoms. The molecule has 1 unspecified atom stereocenters. The molecule has 3 nitrogen and oxygen atoms in total. The van der Waals surface area contributed by atoms with Crippen LogP contribution in [0.3, 0.4) is 0 Å². The molecule has 0 aliphatic carbocycles. The number of hydrogen-bond acceptors (Lipinski definition) is 3. The lowest BCUT2D eigenvalue weighted by atomic mass is 10.2. The van der Waals surface area contributed by atoms with E-state index in [-0.39, 0.29) is 0 Å². The highest BCUT2D eigenvalue weighted by molar-refractivity contribution is 5.26. The number of methoxy groups -OCH3 is 1. The van der Waals surface area contributed by atoms with Crippen LogP contribution in [-0.2, 0) is 6.54 Å². The lowest BCUT2D eigenvalue weighted by Crippen LogP contribution is -2.33. The highest BCUT2D eigenvalue weighted by Crippen LogP contribution is 2.11. The fourth-order valence-corrected chi connectivity index (χ4v) is 2.07. The summed E-state index contributed by atoms with van der Waals surface area (Å²) < 4.78 is 5.12. The van der Waals surface area contributed by atoms with E-state index in [1.54, 1.807) is 7.11 Å². The first-order valence-corrected chi connectivity index (χ1v) is 5.95. The summed E-state index contributed by atoms with van der Waals surface area (Å²) in [6.07, 6.45) is 2.62. The average molecular weight is 220 g/mol. The van der Waals surface area contributed by atoms with E-state index in [1.165, 1.54) is 24.9 Å². The van der Waals surface area contributed by atoms with Gasteiger partial charge in [0.15, 0.2) is 0 Å². The number of benzene rings is 1. The third-order valence-corrected chi connectivity index (χ3v) is 3.04. The molecule has 16 heavy (non-hydrogen) atoms. The molecule has 0 saturated carbocycles. The molecule has 1 aromatic carbocycles. The summed E-state index contributed by atoms with van der Waals surface area (Å²) in [6, 6.07) is 8.88. The normalized spacial score (nSPS) is 19.9. The topological polar surface area (TPSA) is 33.3 Å². The van der Waals surface area contributed by atoms with Gasteiger partial charge in [-0.3, -0.25) is 0 Å². The Kier molecular flexibility index (Phi) is 4.19. The molecule has 2 N–H and O–H groups in total. The van der Waals surface area contributed by atoms with Gasteiger partial charge in [0.1, 0.15) is 5.75 Å². The van der Waals surface area contributed by atoms with Crippen LogP contribution < -0.4 is 15.4 Å². The molecule has 1 heterocycles. The molecule has 1 saturated heterocycles. The Morgan fingerprint density at radius 1 is 1.38 bits per heavy atom. The van der Waals surface area contributed by atoms with Crippen molar-refractivity contribution in [2.45, 2.75) is 25.4 Å². The summed E-state index contributed by atoms with van der Waals surface area (Å²) in [5, 5.41) is 6.96. The lowest BCUT2D eigenvalue weighted by Gasteiger charge is -2.11. The van der Waals surface area contributed by atoms with E-state index in [1.807, 2.05) is 12.1 Å². The van der Waals surface area contributed by atoms with E-state index < -0.39 is 0 Å². The summed E-state index contributed by atoms with van der Waals surface area (Å²) in [4.78, 5) is 0. The van der Waals surface area contributed by atoms with E-state index in [2.05, 4.69) is 22.8 Å². The fourth-order valence-electron chi connectivity index (χ4n) is 2.07. The van der Waals surface area contributed by atoms with Crippen molar-refractivity contribution in [2.75, 3.05) is 20.2 Å². The summed E-state index contributed by atoms with van der Waals surface area (Å²) in [7, 11) is 1.69. The third-order valence-electron chi connectivity index (χ3n) is 3.04. The van der Waals surface area contributed by atoms with Crippen molar-refractivity contribution in [3.8, 4) is 5.75 Å². The van der Waals surface area contributed by atoms with Crippen LogP contribution in [0.4, 0.5) is 0 Å². The van der Waals surface area contributed by atoms with E-state index in [0.29, 0.717) is 6.04 Å². The van der Waals surface area contributed by atoms with E-state index in [0.717, 1.165) is 18.8 Å². The third kappa shape index (κ3) is 3.22. The van der Waals surface area contributed by atoms with Crippen LogP contribution in [0, 0.1) is 0 Å². The Morgan fingerprint density at radius 3 is 2.81 bits per heavy atom. The average Bonchev–Trinajstić information content (AvgIpc) is 2.83. The van der Waals surface area contributed by atoms with Crippen LogP contribution in [0.1, 0.15) is 18.4 Å². The Morgan fingerprint density at radius 2 is 2.19 bits per heavy atom. The molecule has 1 atom stereocenters. The summed E-state index contributed by atoms with van der Waals surface area (Å²) in [5.74, 6) is 0.918. The molecular formula is C13H20N2O. The van der Waals surface area contributed by atoms with Crippen LogP contribution in [-0.4, -0.2) is 26.2 Å². The first kappa shape index (κ1) is 11.4. The van der Waals surface area contributed by atoms with Crippen molar-refractivity contribution in [3.63, 3.8) is 0 Å². The first-order valence-electron chi connectivity index (χ1n) is 5.95. The molecule has 1 aromatic rings. The highest BCUT2D eigenvalue weighted by Gasteiger charge is 2.12. The van der Waals surface area contributed by atoms with Crippen LogP contribution >= 0.6 is 0 Å². The molecule has 2 rings (SSSR count). The molecule has 0 aromatic heterocycles. The van der Waals surface area contributed by atoms with Crippen LogP contribution in [0.2, 0.25) is 0 Å². The van der Waals surface area contributed by atoms with Gasteiger partial charge < -0.3 is 15.4 Å². The van der Waals surface area contributed by atoms with Gasteiger partial charge in [0.2, 0.25) is 0 Å². The number of hydrogen-bond donors (Lipinski definition) is 2. The molecule has 1 aliphatic rings. The van der Waals surface area contributed by atoms with E-state index in [4.69, 9.17) is 4.74 Å². The maximum absolute atomic E-state index is 5.12. The van der Waals surface area contributed by atoms with Crippen molar-refractivity contribution in [2.24, 2.45) is 0 Å². The second kappa shape index (κ2) is 5.87. The zero-order valence-corrected chi connectivity index (χ0v) is 9.83. The zero-order valence-electron chi connectivity index (χ0n) is 9.83. The Hall–Kier alpha value is -1.06. The minimum atomic E-state index is 0.665. The SMILES string of the molecule is COc1ccc(CNCC2CCCN2)cc1. The summed E-state index contributed by atoms with van der Waals surface area (Å²) in [6.45, 7) is 3.17. The van der Waals surface area contributed by atoms with Gasteiger partial charge in [0.05, 0.1) is 7.11 Å². The van der Waals surface area contributed by atoms with Gasteiger partial charge in [-0.25, -0.2) is 0 Å². The predicted octanol–water partition coefficient (Wildman–Crippen LogP) is 1.54. The van der Waals surface area contributed by atoms with Crippen molar-refractivity contribution in [3.05, 3.63) is 29.8 Å². The summed E-state index contributed by atoms with van der Waals surface area (Å²) >= 11 is 0. The predicted molar refractivity (Wildman–Crippen MR) is 65.7 cm³/mol. The fraction of sp³-hybridized carbons (Fsp3) is 0.538. The van der Waals surface area contributed by atoms with Gasteiger partial charge in [-0.15, -0.1) is 0 Å². The maximum Gasteiger partial charge on any atom is 0.118 e. The Labute approximate surface area is 97.2 Å². The molecule has 3 heteroatoms. The standard InChI is InChI=1S/C13H20N2O/c1-16-13-6-4-11(5-7-13)9-14-10-12-3-2-8-15-12/h4-7,12,14-15H,2-3,8-10H2,1H3. The molecular weight excluding hydrogens is 200 g/mol. The lowest BCUT2D eigenvalue weighted by molar-refractivity contribution is 0.414. The van der Waals surface area contributed by atoms with Gasteiger partial charge in [0, 0.05) is 19.1 Å². The minimum absolute atomic E-state index is 0.665. The molecule has 0 radical (unpaired) electrons. The van der Waals surface area contributed by atoms with Gasteiger partial charge in [-0.1, -0.05) is 12.1 Å². The number of ether oxygens (including phenoxy) is 1. The summed E-state index contributed by atoms with van der Waals surface area (Å²) in [5.41, 5.74) is 1.30.